The van der Waals surface area contributed by atoms with Gasteiger partial charge in [0.2, 0.25) is 0 Å². The van der Waals surface area contributed by atoms with Crippen LogP contribution in [-0.4, -0.2) is 0 Å². The van der Waals surface area contributed by atoms with Crippen molar-refractivity contribution in [2.45, 2.75) is 151 Å². The van der Waals surface area contributed by atoms with Gasteiger partial charge in [-0.15, -0.1) is 0 Å². The summed E-state index contributed by atoms with van der Waals surface area (Å²) >= 11 is 0. The van der Waals surface area contributed by atoms with Crippen LogP contribution in [0.2, 0.25) is 0 Å². The maximum absolute atomic E-state index is 2.25. The molecular weight excluding hydrogens is 276 g/mol. The molecule has 23 heavy (non-hydrogen) atoms. The Bertz CT molecular complexity index is 117. The van der Waals surface area contributed by atoms with E-state index in [0.29, 0.717) is 0 Å². The van der Waals surface area contributed by atoms with Crippen LogP contribution in [0, 0.1) is 0 Å². The van der Waals surface area contributed by atoms with E-state index in [4.69, 9.17) is 0 Å². The van der Waals surface area contributed by atoms with Crippen LogP contribution in [-0.2, 0) is 0 Å². The summed E-state index contributed by atoms with van der Waals surface area (Å²) in [5, 5.41) is 0. The quantitative estimate of drug-likeness (QED) is 0.369. The Morgan fingerprint density at radius 1 is 0.304 bits per heavy atom. The fourth-order valence-corrected chi connectivity index (χ4v) is 2.41. The largest absolute Gasteiger partial charge is 0.0654 e. The van der Waals surface area contributed by atoms with Crippen LogP contribution in [0.5, 0.6) is 0 Å². The van der Waals surface area contributed by atoms with Gasteiger partial charge in [-0.1, -0.05) is 151 Å². The second kappa shape index (κ2) is 33.6. The van der Waals surface area contributed by atoms with E-state index in [2.05, 4.69) is 41.5 Å². The smallest absolute Gasteiger partial charge is 0.0533 e. The molecule has 0 spiro atoms. The summed E-state index contributed by atoms with van der Waals surface area (Å²) in [7, 11) is 0. The van der Waals surface area contributed by atoms with Crippen LogP contribution in [0.25, 0.3) is 0 Å². The summed E-state index contributed by atoms with van der Waals surface area (Å²) in [6, 6.07) is 0. The number of hydrogen-bond donors (Lipinski definition) is 0. The zero-order valence-electron chi connectivity index (χ0n) is 18.0. The third-order valence-electron chi connectivity index (χ3n) is 4.12. The van der Waals surface area contributed by atoms with Gasteiger partial charge in [0.1, 0.15) is 0 Å². The molecule has 0 N–H and O–H groups in total. The molecule has 0 radical (unpaired) electrons. The van der Waals surface area contributed by atoms with E-state index in [1.165, 1.54) is 109 Å². The maximum Gasteiger partial charge on any atom is -0.0533 e. The predicted octanol–water partition coefficient (Wildman–Crippen LogP) is 9.71. The van der Waals surface area contributed by atoms with Gasteiger partial charge < -0.3 is 0 Å². The minimum atomic E-state index is 1.34. The fourth-order valence-electron chi connectivity index (χ4n) is 2.41. The standard InChI is InChI=1S/C7H16.C6H14.C5H10.C5H12/c1-3-5-7-6-4-2;1-3-5-6-4-2;1-2-4-5-3-1;1-3-5-4-2/h3-7H2,1-2H3;3-6H2,1-2H3;1-5H2;3-5H2,1-2H3. The molecule has 1 saturated carbocycles. The molecule has 0 unspecified atom stereocenters. The lowest BCUT2D eigenvalue weighted by molar-refractivity contribution is 0.656. The van der Waals surface area contributed by atoms with E-state index >= 15 is 0 Å². The lowest BCUT2D eigenvalue weighted by Crippen LogP contribution is -1.70. The first-order valence-corrected chi connectivity index (χ1v) is 11.2. The van der Waals surface area contributed by atoms with Crippen molar-refractivity contribution >= 4 is 0 Å². The average Bonchev–Trinajstić information content (AvgIpc) is 3.15. The highest BCUT2D eigenvalue weighted by atomic mass is 14.0. The van der Waals surface area contributed by atoms with Crippen LogP contribution in [0.1, 0.15) is 151 Å². The molecule has 0 atom stereocenters. The first kappa shape index (κ1) is 27.8. The average molecular weight is 329 g/mol. The van der Waals surface area contributed by atoms with E-state index in [1.807, 2.05) is 0 Å². The van der Waals surface area contributed by atoms with Crippen molar-refractivity contribution in [3.05, 3.63) is 0 Å². The molecule has 1 aliphatic carbocycles. The van der Waals surface area contributed by atoms with E-state index < -0.39 is 0 Å². The molecule has 1 rings (SSSR count). The minimum Gasteiger partial charge on any atom is -0.0654 e. The van der Waals surface area contributed by atoms with Crippen LogP contribution in [0.3, 0.4) is 0 Å². The predicted molar refractivity (Wildman–Crippen MR) is 113 cm³/mol. The molecular formula is C23H52. The van der Waals surface area contributed by atoms with Crippen LogP contribution in [0.15, 0.2) is 0 Å². The SMILES string of the molecule is C1CCCC1.CCCCC.CCCCCC.CCCCCCC. The lowest BCUT2D eigenvalue weighted by Gasteiger charge is -1.90. The Labute approximate surface area is 151 Å². The van der Waals surface area contributed by atoms with Crippen molar-refractivity contribution in [3.8, 4) is 0 Å². The van der Waals surface area contributed by atoms with E-state index in [0.717, 1.165) is 0 Å². The van der Waals surface area contributed by atoms with Crippen molar-refractivity contribution in [3.63, 3.8) is 0 Å². The van der Waals surface area contributed by atoms with Crippen molar-refractivity contribution in [1.29, 1.82) is 0 Å². The minimum absolute atomic E-state index is 1.34. The van der Waals surface area contributed by atoms with Gasteiger partial charge in [0.05, 0.1) is 0 Å². The Morgan fingerprint density at radius 3 is 0.696 bits per heavy atom. The van der Waals surface area contributed by atoms with Gasteiger partial charge in [0.25, 0.3) is 0 Å². The molecule has 1 fully saturated rings. The van der Waals surface area contributed by atoms with E-state index in [-0.39, 0.29) is 0 Å². The molecule has 0 saturated heterocycles. The normalized spacial score (nSPS) is 12.3. The third-order valence-corrected chi connectivity index (χ3v) is 4.12. The summed E-state index contributed by atoms with van der Waals surface area (Å²) in [6.07, 6.45) is 24.1. The van der Waals surface area contributed by atoms with E-state index in [9.17, 15) is 0 Å². The number of rotatable bonds is 9. The van der Waals surface area contributed by atoms with Gasteiger partial charge >= 0.3 is 0 Å². The van der Waals surface area contributed by atoms with Crippen molar-refractivity contribution in [2.75, 3.05) is 0 Å². The molecule has 0 aromatic heterocycles. The summed E-state index contributed by atoms with van der Waals surface area (Å²) in [4.78, 5) is 0. The monoisotopic (exact) mass is 328 g/mol. The number of hydrogen-bond acceptors (Lipinski definition) is 0. The molecule has 0 aliphatic heterocycles. The fraction of sp³-hybridized carbons (Fsp3) is 1.00. The van der Waals surface area contributed by atoms with Crippen molar-refractivity contribution in [1.82, 2.24) is 0 Å². The molecule has 0 heterocycles. The molecule has 0 bridgehead atoms. The molecule has 0 aromatic carbocycles. The Balaban J connectivity index is -0.000000234. The first-order valence-electron chi connectivity index (χ1n) is 11.2. The zero-order chi connectivity index (χ0) is 18.0. The van der Waals surface area contributed by atoms with Gasteiger partial charge in [-0.05, 0) is 0 Å². The Hall–Kier alpha value is 0. The summed E-state index contributed by atoms with van der Waals surface area (Å²) < 4.78 is 0. The highest BCUT2D eigenvalue weighted by molar-refractivity contribution is 4.51. The Morgan fingerprint density at radius 2 is 0.522 bits per heavy atom. The van der Waals surface area contributed by atoms with Crippen molar-refractivity contribution < 1.29 is 0 Å². The number of unbranched alkanes of at least 4 members (excludes halogenated alkanes) is 9. The lowest BCUT2D eigenvalue weighted by atomic mass is 10.2. The highest BCUT2D eigenvalue weighted by Gasteiger charge is 1.95. The second-order valence-corrected chi connectivity index (χ2v) is 6.89. The zero-order valence-corrected chi connectivity index (χ0v) is 18.0. The van der Waals surface area contributed by atoms with E-state index in [1.54, 1.807) is 0 Å². The first-order chi connectivity index (χ1) is 11.2. The molecule has 0 amide bonds. The van der Waals surface area contributed by atoms with Gasteiger partial charge in [-0.25, -0.2) is 0 Å². The summed E-state index contributed by atoms with van der Waals surface area (Å²) in [5.74, 6) is 0. The molecule has 0 heteroatoms. The van der Waals surface area contributed by atoms with Gasteiger partial charge in [0.15, 0.2) is 0 Å². The van der Waals surface area contributed by atoms with Gasteiger partial charge in [-0.2, -0.15) is 0 Å². The van der Waals surface area contributed by atoms with Gasteiger partial charge in [0, 0.05) is 0 Å². The highest BCUT2D eigenvalue weighted by Crippen LogP contribution is 2.15. The summed E-state index contributed by atoms with van der Waals surface area (Å²) in [6.45, 7) is 13.4. The molecule has 0 aromatic rings. The Kier molecular flexibility index (Phi) is 40.6. The molecule has 1 aliphatic rings. The van der Waals surface area contributed by atoms with Gasteiger partial charge in [-0.3, -0.25) is 0 Å². The molecule has 144 valence electrons. The second-order valence-electron chi connectivity index (χ2n) is 6.89. The maximum atomic E-state index is 2.25. The molecule has 0 nitrogen and oxygen atoms in total. The van der Waals surface area contributed by atoms with Crippen LogP contribution >= 0.6 is 0 Å². The van der Waals surface area contributed by atoms with Crippen molar-refractivity contribution in [2.24, 2.45) is 0 Å². The topological polar surface area (TPSA) is 0 Å². The summed E-state index contributed by atoms with van der Waals surface area (Å²) in [5.41, 5.74) is 0. The van der Waals surface area contributed by atoms with Crippen LogP contribution < -0.4 is 0 Å². The third kappa shape index (κ3) is 44.9. The van der Waals surface area contributed by atoms with Crippen LogP contribution in [0.4, 0.5) is 0 Å².